The van der Waals surface area contributed by atoms with Crippen LogP contribution >= 0.6 is 0 Å². The van der Waals surface area contributed by atoms with Crippen LogP contribution in [0.1, 0.15) is 77.7 Å². The van der Waals surface area contributed by atoms with E-state index in [9.17, 15) is 9.59 Å². The number of unbranched alkanes of at least 4 members (excludes halogenated alkanes) is 7. The van der Waals surface area contributed by atoms with Crippen LogP contribution in [0.15, 0.2) is 18.2 Å². The number of ether oxygens (including phenoxy) is 2. The number of carbonyl (C=O) groups excluding carboxylic acids is 2. The lowest BCUT2D eigenvalue weighted by Crippen LogP contribution is -2.09. The number of para-hydroxylation sites is 1. The van der Waals surface area contributed by atoms with Crippen molar-refractivity contribution in [3.63, 3.8) is 0 Å². The predicted octanol–water partition coefficient (Wildman–Crippen LogP) is 5.22. The highest BCUT2D eigenvalue weighted by atomic mass is 16.6. The van der Waals surface area contributed by atoms with E-state index in [0.717, 1.165) is 24.8 Å². The molecule has 1 aromatic rings. The second kappa shape index (κ2) is 11.7. The lowest BCUT2D eigenvalue weighted by atomic mass is 10.0. The van der Waals surface area contributed by atoms with E-state index < -0.39 is 11.9 Å². The Balaban J connectivity index is 2.53. The van der Waals surface area contributed by atoms with E-state index >= 15 is 0 Å². The molecular weight excluding hydrogens is 304 g/mol. The molecule has 0 saturated heterocycles. The third-order valence-electron chi connectivity index (χ3n) is 3.86. The van der Waals surface area contributed by atoms with Crippen molar-refractivity contribution < 1.29 is 19.1 Å². The summed E-state index contributed by atoms with van der Waals surface area (Å²) >= 11 is 0. The molecule has 0 aliphatic rings. The zero-order valence-electron chi connectivity index (χ0n) is 15.2. The smallest absolute Gasteiger partial charge is 0.308 e. The standard InChI is InChI=1S/C20H30O4/c1-4-5-6-7-8-9-10-11-13-18-14-12-15-19(23-16(2)21)20(18)24-17(3)22/h12,14-15H,4-11,13H2,1-3H3. The fourth-order valence-corrected chi connectivity index (χ4v) is 2.70. The Bertz CT molecular complexity index is 522. The molecule has 0 fully saturated rings. The fraction of sp³-hybridized carbons (Fsp3) is 0.600. The Kier molecular flexibility index (Phi) is 9.81. The van der Waals surface area contributed by atoms with Gasteiger partial charge in [0.05, 0.1) is 0 Å². The molecule has 134 valence electrons. The summed E-state index contributed by atoms with van der Waals surface area (Å²) in [6.07, 6.45) is 10.8. The van der Waals surface area contributed by atoms with E-state index in [0.29, 0.717) is 11.5 Å². The molecule has 0 bridgehead atoms. The van der Waals surface area contributed by atoms with Crippen LogP contribution in [-0.2, 0) is 16.0 Å². The zero-order valence-corrected chi connectivity index (χ0v) is 15.2. The van der Waals surface area contributed by atoms with Crippen molar-refractivity contribution in [3.05, 3.63) is 23.8 Å². The largest absolute Gasteiger partial charge is 0.423 e. The number of benzene rings is 1. The Morgan fingerprint density at radius 3 is 2.00 bits per heavy atom. The molecule has 0 spiro atoms. The number of esters is 2. The van der Waals surface area contributed by atoms with E-state index in [1.54, 1.807) is 6.07 Å². The van der Waals surface area contributed by atoms with Crippen LogP contribution in [0.3, 0.4) is 0 Å². The predicted molar refractivity (Wildman–Crippen MR) is 95.4 cm³/mol. The summed E-state index contributed by atoms with van der Waals surface area (Å²) in [4.78, 5) is 22.5. The van der Waals surface area contributed by atoms with E-state index in [1.165, 1.54) is 52.4 Å². The van der Waals surface area contributed by atoms with Crippen LogP contribution in [0.2, 0.25) is 0 Å². The molecule has 0 unspecified atom stereocenters. The third kappa shape index (κ3) is 8.14. The number of carbonyl (C=O) groups is 2. The molecule has 24 heavy (non-hydrogen) atoms. The van der Waals surface area contributed by atoms with Gasteiger partial charge in [-0.15, -0.1) is 0 Å². The highest BCUT2D eigenvalue weighted by Gasteiger charge is 2.14. The minimum atomic E-state index is -0.423. The van der Waals surface area contributed by atoms with Crippen molar-refractivity contribution in [2.45, 2.75) is 78.6 Å². The molecular formula is C20H30O4. The third-order valence-corrected chi connectivity index (χ3v) is 3.86. The highest BCUT2D eigenvalue weighted by molar-refractivity contribution is 5.74. The van der Waals surface area contributed by atoms with Crippen LogP contribution in [0.5, 0.6) is 11.5 Å². The van der Waals surface area contributed by atoms with Crippen molar-refractivity contribution >= 4 is 11.9 Å². The molecule has 0 atom stereocenters. The lowest BCUT2D eigenvalue weighted by Gasteiger charge is -2.13. The van der Waals surface area contributed by atoms with Crippen LogP contribution in [0, 0.1) is 0 Å². The zero-order chi connectivity index (χ0) is 17.8. The van der Waals surface area contributed by atoms with Gasteiger partial charge < -0.3 is 9.47 Å². The molecule has 0 aromatic heterocycles. The van der Waals surface area contributed by atoms with Crippen molar-refractivity contribution in [1.29, 1.82) is 0 Å². The summed E-state index contributed by atoms with van der Waals surface area (Å²) in [5.41, 5.74) is 0.912. The molecule has 0 aliphatic heterocycles. The van der Waals surface area contributed by atoms with Crippen molar-refractivity contribution in [2.24, 2.45) is 0 Å². The minimum Gasteiger partial charge on any atom is -0.423 e. The van der Waals surface area contributed by atoms with Crippen LogP contribution in [0.25, 0.3) is 0 Å². The normalized spacial score (nSPS) is 10.5. The van der Waals surface area contributed by atoms with Gasteiger partial charge in [0.1, 0.15) is 0 Å². The minimum absolute atomic E-state index is 0.315. The summed E-state index contributed by atoms with van der Waals surface area (Å²) in [5, 5.41) is 0. The topological polar surface area (TPSA) is 52.6 Å². The summed E-state index contributed by atoms with van der Waals surface area (Å²) in [6, 6.07) is 5.40. The molecule has 0 N–H and O–H groups in total. The van der Waals surface area contributed by atoms with Gasteiger partial charge in [-0.1, -0.05) is 64.0 Å². The van der Waals surface area contributed by atoms with E-state index in [2.05, 4.69) is 6.92 Å². The summed E-state index contributed by atoms with van der Waals surface area (Å²) < 4.78 is 10.4. The maximum absolute atomic E-state index is 11.3. The Hall–Kier alpha value is -1.84. The SMILES string of the molecule is CCCCCCCCCCc1cccc(OC(C)=O)c1OC(C)=O. The second-order valence-electron chi connectivity index (χ2n) is 6.16. The average Bonchev–Trinajstić information content (AvgIpc) is 2.51. The van der Waals surface area contributed by atoms with E-state index in [4.69, 9.17) is 9.47 Å². The maximum Gasteiger partial charge on any atom is 0.308 e. The number of hydrogen-bond acceptors (Lipinski definition) is 4. The van der Waals surface area contributed by atoms with E-state index in [-0.39, 0.29) is 0 Å². The Morgan fingerprint density at radius 1 is 0.833 bits per heavy atom. The first-order valence-corrected chi connectivity index (χ1v) is 9.03. The molecule has 4 heteroatoms. The van der Waals surface area contributed by atoms with Crippen molar-refractivity contribution in [3.8, 4) is 11.5 Å². The monoisotopic (exact) mass is 334 g/mol. The highest BCUT2D eigenvalue weighted by Crippen LogP contribution is 2.33. The molecule has 0 amide bonds. The summed E-state index contributed by atoms with van der Waals surface area (Å²) in [6.45, 7) is 4.91. The molecule has 1 rings (SSSR count). The summed E-state index contributed by atoms with van der Waals surface area (Å²) in [5.74, 6) is -0.141. The van der Waals surface area contributed by atoms with Crippen molar-refractivity contribution in [1.82, 2.24) is 0 Å². The van der Waals surface area contributed by atoms with Gasteiger partial charge in [-0.05, 0) is 24.5 Å². The molecule has 1 aromatic carbocycles. The van der Waals surface area contributed by atoms with Gasteiger partial charge in [-0.25, -0.2) is 0 Å². The molecule has 4 nitrogen and oxygen atoms in total. The fourth-order valence-electron chi connectivity index (χ4n) is 2.70. The molecule has 0 heterocycles. The number of aryl methyl sites for hydroxylation is 1. The van der Waals surface area contributed by atoms with Gasteiger partial charge in [-0.2, -0.15) is 0 Å². The van der Waals surface area contributed by atoms with Gasteiger partial charge in [0.15, 0.2) is 11.5 Å². The quantitative estimate of drug-likeness (QED) is 0.316. The average molecular weight is 334 g/mol. The van der Waals surface area contributed by atoms with Crippen LogP contribution in [0.4, 0.5) is 0 Å². The first-order chi connectivity index (χ1) is 11.5. The molecule has 0 saturated carbocycles. The van der Waals surface area contributed by atoms with Gasteiger partial charge in [0, 0.05) is 13.8 Å². The van der Waals surface area contributed by atoms with E-state index in [1.807, 2.05) is 12.1 Å². The van der Waals surface area contributed by atoms with Gasteiger partial charge in [0.25, 0.3) is 0 Å². The first kappa shape index (κ1) is 20.2. The molecule has 0 aliphatic carbocycles. The Morgan fingerprint density at radius 2 is 1.42 bits per heavy atom. The Labute approximate surface area is 145 Å². The van der Waals surface area contributed by atoms with Gasteiger partial charge in [-0.3, -0.25) is 9.59 Å². The lowest BCUT2D eigenvalue weighted by molar-refractivity contribution is -0.134. The molecule has 0 radical (unpaired) electrons. The number of rotatable bonds is 11. The van der Waals surface area contributed by atoms with Crippen LogP contribution < -0.4 is 9.47 Å². The van der Waals surface area contributed by atoms with Gasteiger partial charge in [0.2, 0.25) is 0 Å². The summed E-state index contributed by atoms with van der Waals surface area (Å²) in [7, 11) is 0. The van der Waals surface area contributed by atoms with Crippen molar-refractivity contribution in [2.75, 3.05) is 0 Å². The van der Waals surface area contributed by atoms with Crippen LogP contribution in [-0.4, -0.2) is 11.9 Å². The van der Waals surface area contributed by atoms with Gasteiger partial charge >= 0.3 is 11.9 Å². The second-order valence-corrected chi connectivity index (χ2v) is 6.16. The maximum atomic E-state index is 11.3. The number of hydrogen-bond donors (Lipinski definition) is 0. The first-order valence-electron chi connectivity index (χ1n) is 9.03.